The van der Waals surface area contributed by atoms with Gasteiger partial charge in [-0.3, -0.25) is 4.79 Å². The lowest BCUT2D eigenvalue weighted by Gasteiger charge is -2.10. The van der Waals surface area contributed by atoms with Crippen molar-refractivity contribution in [2.45, 2.75) is 13.8 Å². The van der Waals surface area contributed by atoms with Crippen LogP contribution in [0, 0.1) is 6.92 Å². The van der Waals surface area contributed by atoms with E-state index in [0.717, 1.165) is 34.7 Å². The van der Waals surface area contributed by atoms with Crippen molar-refractivity contribution in [2.24, 2.45) is 0 Å². The van der Waals surface area contributed by atoms with Crippen molar-refractivity contribution in [3.8, 4) is 11.1 Å². The van der Waals surface area contributed by atoms with Gasteiger partial charge in [-0.15, -0.1) is 0 Å². The number of hydrogen-bond donors (Lipinski definition) is 3. The van der Waals surface area contributed by atoms with Crippen molar-refractivity contribution in [3.05, 3.63) is 96.2 Å². The average molecular weight is 424 g/mol. The predicted molar refractivity (Wildman–Crippen MR) is 130 cm³/mol. The van der Waals surface area contributed by atoms with E-state index < -0.39 is 0 Å². The molecular weight excluding hydrogens is 398 g/mol. The predicted octanol–water partition coefficient (Wildman–Crippen LogP) is 5.88. The van der Waals surface area contributed by atoms with E-state index in [1.54, 1.807) is 0 Å². The quantitative estimate of drug-likeness (QED) is 0.346. The molecule has 0 radical (unpaired) electrons. The van der Waals surface area contributed by atoms with Crippen LogP contribution >= 0.6 is 0 Å². The molecule has 4 rings (SSSR count). The fourth-order valence-electron chi connectivity index (χ4n) is 3.30. The van der Waals surface area contributed by atoms with E-state index in [1.807, 2.05) is 86.6 Å². The highest BCUT2D eigenvalue weighted by atomic mass is 16.1. The molecule has 6 nitrogen and oxygen atoms in total. The van der Waals surface area contributed by atoms with Gasteiger partial charge in [0.25, 0.3) is 5.91 Å². The molecule has 160 valence electrons. The number of anilines is 4. The third kappa shape index (κ3) is 5.29. The molecular formula is C26H25N5O. The third-order valence-electron chi connectivity index (χ3n) is 4.86. The van der Waals surface area contributed by atoms with Crippen molar-refractivity contribution in [1.29, 1.82) is 0 Å². The number of nitrogens with one attached hydrogen (secondary N) is 3. The highest BCUT2D eigenvalue weighted by Gasteiger charge is 2.07. The summed E-state index contributed by atoms with van der Waals surface area (Å²) in [5.74, 6) is 1.16. The van der Waals surface area contributed by atoms with Crippen LogP contribution in [0.15, 0.2) is 84.9 Å². The maximum Gasteiger partial charge on any atom is 0.255 e. The summed E-state index contributed by atoms with van der Waals surface area (Å²) in [6.45, 7) is 4.69. The van der Waals surface area contributed by atoms with Crippen LogP contribution in [0.25, 0.3) is 11.1 Å². The van der Waals surface area contributed by atoms with Gasteiger partial charge >= 0.3 is 0 Å². The van der Waals surface area contributed by atoms with Crippen LogP contribution in [0.5, 0.6) is 0 Å². The Bertz CT molecular complexity index is 1190. The number of rotatable bonds is 7. The van der Waals surface area contributed by atoms with Gasteiger partial charge in [0.15, 0.2) is 0 Å². The highest BCUT2D eigenvalue weighted by molar-refractivity contribution is 6.04. The lowest BCUT2D eigenvalue weighted by atomic mass is 10.0. The summed E-state index contributed by atoms with van der Waals surface area (Å²) in [5.41, 5.74) is 5.28. The molecule has 4 aromatic rings. The molecule has 6 heteroatoms. The SMILES string of the molecule is CCNc1nc(C)cc(Nc2ccc(NC(=O)c3ccc(-c4ccccc4)cc3)cc2)n1. The zero-order chi connectivity index (χ0) is 22.3. The second-order valence-corrected chi connectivity index (χ2v) is 7.35. The summed E-state index contributed by atoms with van der Waals surface area (Å²) in [5, 5.41) is 9.34. The van der Waals surface area contributed by atoms with E-state index in [1.165, 1.54) is 0 Å². The molecule has 3 N–H and O–H groups in total. The zero-order valence-electron chi connectivity index (χ0n) is 18.1. The largest absolute Gasteiger partial charge is 0.354 e. The third-order valence-corrected chi connectivity index (χ3v) is 4.86. The Kier molecular flexibility index (Phi) is 6.41. The number of hydrogen-bond acceptors (Lipinski definition) is 5. The van der Waals surface area contributed by atoms with Gasteiger partial charge in [-0.05, 0) is 61.4 Å². The number of aryl methyl sites for hydroxylation is 1. The molecule has 3 aromatic carbocycles. The number of carbonyl (C=O) groups excluding carboxylic acids is 1. The van der Waals surface area contributed by atoms with Crippen molar-refractivity contribution in [3.63, 3.8) is 0 Å². The topological polar surface area (TPSA) is 78.9 Å². The molecule has 0 fully saturated rings. The van der Waals surface area contributed by atoms with E-state index >= 15 is 0 Å². The first-order valence-corrected chi connectivity index (χ1v) is 10.5. The molecule has 0 unspecified atom stereocenters. The van der Waals surface area contributed by atoms with Gasteiger partial charge in [0, 0.05) is 35.2 Å². The zero-order valence-corrected chi connectivity index (χ0v) is 18.1. The fourth-order valence-corrected chi connectivity index (χ4v) is 3.30. The first-order valence-electron chi connectivity index (χ1n) is 10.5. The minimum atomic E-state index is -0.146. The minimum absolute atomic E-state index is 0.146. The molecule has 1 amide bonds. The number of carbonyl (C=O) groups is 1. The molecule has 0 aliphatic rings. The Balaban J connectivity index is 1.40. The Morgan fingerprint density at radius 1 is 0.812 bits per heavy atom. The Labute approximate surface area is 187 Å². The van der Waals surface area contributed by atoms with E-state index in [-0.39, 0.29) is 5.91 Å². The van der Waals surface area contributed by atoms with Gasteiger partial charge in [-0.2, -0.15) is 4.98 Å². The van der Waals surface area contributed by atoms with Gasteiger partial charge in [-0.1, -0.05) is 42.5 Å². The first-order chi connectivity index (χ1) is 15.6. The molecule has 1 heterocycles. The summed E-state index contributed by atoms with van der Waals surface area (Å²) in [6, 6.07) is 27.1. The summed E-state index contributed by atoms with van der Waals surface area (Å²) in [4.78, 5) is 21.4. The maximum atomic E-state index is 12.6. The van der Waals surface area contributed by atoms with E-state index in [2.05, 4.69) is 38.1 Å². The van der Waals surface area contributed by atoms with Gasteiger partial charge < -0.3 is 16.0 Å². The number of nitrogens with zero attached hydrogens (tertiary/aromatic N) is 2. The van der Waals surface area contributed by atoms with Crippen LogP contribution in [0.4, 0.5) is 23.1 Å². The van der Waals surface area contributed by atoms with Gasteiger partial charge in [0.1, 0.15) is 5.82 Å². The summed E-state index contributed by atoms with van der Waals surface area (Å²) in [6.07, 6.45) is 0. The van der Waals surface area contributed by atoms with E-state index in [0.29, 0.717) is 17.3 Å². The molecule has 32 heavy (non-hydrogen) atoms. The van der Waals surface area contributed by atoms with Crippen LogP contribution in [0.1, 0.15) is 23.0 Å². The monoisotopic (exact) mass is 423 g/mol. The van der Waals surface area contributed by atoms with Crippen LogP contribution in [-0.4, -0.2) is 22.4 Å². The molecule has 0 saturated heterocycles. The van der Waals surface area contributed by atoms with Crippen LogP contribution < -0.4 is 16.0 Å². The minimum Gasteiger partial charge on any atom is -0.354 e. The molecule has 0 bridgehead atoms. The summed E-state index contributed by atoms with van der Waals surface area (Å²) >= 11 is 0. The fraction of sp³-hybridized carbons (Fsp3) is 0.115. The van der Waals surface area contributed by atoms with E-state index in [4.69, 9.17) is 0 Å². The van der Waals surface area contributed by atoms with Crippen molar-refractivity contribution < 1.29 is 4.79 Å². The smallest absolute Gasteiger partial charge is 0.255 e. The molecule has 0 aliphatic carbocycles. The summed E-state index contributed by atoms with van der Waals surface area (Å²) in [7, 11) is 0. The molecule has 1 aromatic heterocycles. The number of benzene rings is 3. The second kappa shape index (κ2) is 9.75. The van der Waals surface area contributed by atoms with Crippen LogP contribution in [0.3, 0.4) is 0 Å². The average Bonchev–Trinajstić information content (AvgIpc) is 2.81. The van der Waals surface area contributed by atoms with E-state index in [9.17, 15) is 4.79 Å². The standard InChI is InChI=1S/C26H25N5O/c1-3-27-26-28-18(2)17-24(31-26)29-22-13-15-23(16-14-22)30-25(32)21-11-9-20(10-12-21)19-7-5-4-6-8-19/h4-17H,3H2,1-2H3,(H,30,32)(H2,27,28,29,31). The van der Waals surface area contributed by atoms with Crippen LogP contribution in [0.2, 0.25) is 0 Å². The van der Waals surface area contributed by atoms with Crippen molar-refractivity contribution in [1.82, 2.24) is 9.97 Å². The maximum absolute atomic E-state index is 12.6. The van der Waals surface area contributed by atoms with Crippen LogP contribution in [-0.2, 0) is 0 Å². The molecule has 0 aliphatic heterocycles. The molecule has 0 spiro atoms. The lowest BCUT2D eigenvalue weighted by molar-refractivity contribution is 0.102. The normalized spacial score (nSPS) is 10.4. The number of amides is 1. The Morgan fingerprint density at radius 2 is 1.47 bits per heavy atom. The van der Waals surface area contributed by atoms with Gasteiger partial charge in [-0.25, -0.2) is 4.98 Å². The van der Waals surface area contributed by atoms with Crippen molar-refractivity contribution >= 4 is 29.0 Å². The highest BCUT2D eigenvalue weighted by Crippen LogP contribution is 2.21. The van der Waals surface area contributed by atoms with Gasteiger partial charge in [0.05, 0.1) is 0 Å². The lowest BCUT2D eigenvalue weighted by Crippen LogP contribution is -2.11. The Morgan fingerprint density at radius 3 is 2.16 bits per heavy atom. The molecule has 0 saturated carbocycles. The first kappa shape index (κ1) is 21.1. The summed E-state index contributed by atoms with van der Waals surface area (Å²) < 4.78 is 0. The Hall–Kier alpha value is -4.19. The molecule has 0 atom stereocenters. The van der Waals surface area contributed by atoms with Gasteiger partial charge in [0.2, 0.25) is 5.95 Å². The second-order valence-electron chi connectivity index (χ2n) is 7.35. The van der Waals surface area contributed by atoms with Crippen molar-refractivity contribution in [2.75, 3.05) is 22.5 Å². The number of aromatic nitrogens is 2.